The van der Waals surface area contributed by atoms with Crippen molar-refractivity contribution in [3.63, 3.8) is 0 Å². The van der Waals surface area contributed by atoms with Crippen LogP contribution in [0.3, 0.4) is 0 Å². The molecule has 0 saturated carbocycles. The minimum absolute atomic E-state index is 0.0593. The van der Waals surface area contributed by atoms with Crippen LogP contribution < -0.4 is 14.8 Å². The van der Waals surface area contributed by atoms with Gasteiger partial charge < -0.3 is 14.8 Å². The van der Waals surface area contributed by atoms with Gasteiger partial charge in [0, 0.05) is 31.6 Å². The van der Waals surface area contributed by atoms with Gasteiger partial charge in [0.1, 0.15) is 16.4 Å². The van der Waals surface area contributed by atoms with Gasteiger partial charge in [-0.05, 0) is 25.0 Å². The number of sulfonamides is 1. The predicted molar refractivity (Wildman–Crippen MR) is 94.2 cm³/mol. The molecule has 25 heavy (non-hydrogen) atoms. The molecule has 1 heterocycles. The molecule has 0 atom stereocenters. The number of amides is 1. The summed E-state index contributed by atoms with van der Waals surface area (Å²) in [4.78, 5) is 12.1. The van der Waals surface area contributed by atoms with Crippen LogP contribution >= 0.6 is 0 Å². The Hall–Kier alpha value is -2.06. The van der Waals surface area contributed by atoms with Crippen LogP contribution in [0, 0.1) is 5.92 Å². The highest BCUT2D eigenvalue weighted by atomic mass is 32.2. The fourth-order valence-corrected chi connectivity index (χ4v) is 4.44. The van der Waals surface area contributed by atoms with E-state index in [1.54, 1.807) is 18.2 Å². The molecule has 1 fully saturated rings. The number of hydrogen-bond donors (Lipinski definition) is 1. The number of hydrogen-bond acceptors (Lipinski definition) is 5. The summed E-state index contributed by atoms with van der Waals surface area (Å²) in [5.41, 5.74) is 0. The molecule has 1 aromatic carbocycles. The molecule has 1 aliphatic rings. The van der Waals surface area contributed by atoms with Crippen LogP contribution in [-0.4, -0.2) is 52.5 Å². The largest absolute Gasteiger partial charge is 0.497 e. The summed E-state index contributed by atoms with van der Waals surface area (Å²) in [7, 11) is -0.818. The molecule has 1 aromatic rings. The molecule has 7 nitrogen and oxygen atoms in total. The fourth-order valence-electron chi connectivity index (χ4n) is 2.80. The second kappa shape index (κ2) is 8.35. The zero-order chi connectivity index (χ0) is 18.4. The first kappa shape index (κ1) is 19.3. The SMILES string of the molecule is C=CCNC(=O)C1CCN(S(=O)(=O)c2cc(OC)ccc2OC)CC1. The van der Waals surface area contributed by atoms with Crippen molar-refractivity contribution < 1.29 is 22.7 Å². The first-order valence-corrected chi connectivity index (χ1v) is 9.48. The highest BCUT2D eigenvalue weighted by Crippen LogP contribution is 2.32. The number of ether oxygens (including phenoxy) is 2. The van der Waals surface area contributed by atoms with E-state index in [9.17, 15) is 13.2 Å². The summed E-state index contributed by atoms with van der Waals surface area (Å²) in [6.45, 7) is 4.55. The molecule has 0 unspecified atom stereocenters. The number of carbonyl (C=O) groups is 1. The van der Waals surface area contributed by atoms with Crippen molar-refractivity contribution in [1.29, 1.82) is 0 Å². The quantitative estimate of drug-likeness (QED) is 0.736. The van der Waals surface area contributed by atoms with E-state index in [1.165, 1.54) is 24.6 Å². The van der Waals surface area contributed by atoms with E-state index < -0.39 is 10.0 Å². The van der Waals surface area contributed by atoms with Crippen LogP contribution in [-0.2, 0) is 14.8 Å². The molecular formula is C17H24N2O5S. The maximum Gasteiger partial charge on any atom is 0.246 e. The Morgan fingerprint density at radius 2 is 2.00 bits per heavy atom. The van der Waals surface area contributed by atoms with Crippen molar-refractivity contribution in [3.8, 4) is 11.5 Å². The Labute approximate surface area is 148 Å². The molecule has 1 amide bonds. The highest BCUT2D eigenvalue weighted by molar-refractivity contribution is 7.89. The van der Waals surface area contributed by atoms with Crippen molar-refractivity contribution in [3.05, 3.63) is 30.9 Å². The van der Waals surface area contributed by atoms with Crippen molar-refractivity contribution in [2.24, 2.45) is 5.92 Å². The Morgan fingerprint density at radius 3 is 2.56 bits per heavy atom. The van der Waals surface area contributed by atoms with E-state index in [4.69, 9.17) is 9.47 Å². The van der Waals surface area contributed by atoms with Gasteiger partial charge in [-0.25, -0.2) is 8.42 Å². The zero-order valence-electron chi connectivity index (χ0n) is 14.5. The lowest BCUT2D eigenvalue weighted by atomic mass is 9.97. The number of carbonyl (C=O) groups excluding carboxylic acids is 1. The summed E-state index contributed by atoms with van der Waals surface area (Å²) in [6.07, 6.45) is 2.58. The van der Waals surface area contributed by atoms with E-state index >= 15 is 0 Å². The van der Waals surface area contributed by atoms with Crippen LogP contribution in [0.2, 0.25) is 0 Å². The molecule has 1 N–H and O–H groups in total. The molecule has 8 heteroatoms. The van der Waals surface area contributed by atoms with Crippen molar-refractivity contribution >= 4 is 15.9 Å². The Kier molecular flexibility index (Phi) is 6.44. The standard InChI is InChI=1S/C17H24N2O5S/c1-4-9-18-17(20)13-7-10-19(11-8-13)25(21,22)16-12-14(23-2)5-6-15(16)24-3/h4-6,12-13H,1,7-11H2,2-3H3,(H,18,20). The average Bonchev–Trinajstić information content (AvgIpc) is 2.65. The molecule has 1 aliphatic heterocycles. The first-order valence-electron chi connectivity index (χ1n) is 8.04. The Bertz CT molecular complexity index is 725. The molecule has 0 radical (unpaired) electrons. The third-order valence-corrected chi connectivity index (χ3v) is 6.15. The second-order valence-corrected chi connectivity index (χ2v) is 7.64. The number of piperidine rings is 1. The number of nitrogens with one attached hydrogen (secondary N) is 1. The van der Waals surface area contributed by atoms with Gasteiger partial charge in [-0.1, -0.05) is 6.08 Å². The second-order valence-electron chi connectivity index (χ2n) is 5.73. The van der Waals surface area contributed by atoms with E-state index in [0.29, 0.717) is 25.1 Å². The van der Waals surface area contributed by atoms with Crippen molar-refractivity contribution in [2.75, 3.05) is 33.9 Å². The summed E-state index contributed by atoms with van der Waals surface area (Å²) in [5, 5.41) is 2.76. The van der Waals surface area contributed by atoms with Gasteiger partial charge in [0.15, 0.2) is 0 Å². The predicted octanol–water partition coefficient (Wildman–Crippen LogP) is 1.41. The van der Waals surface area contributed by atoms with Gasteiger partial charge in [-0.3, -0.25) is 4.79 Å². The Morgan fingerprint density at radius 1 is 1.32 bits per heavy atom. The van der Waals surface area contributed by atoms with Crippen molar-refractivity contribution in [2.45, 2.75) is 17.7 Å². The van der Waals surface area contributed by atoms with Gasteiger partial charge in [-0.15, -0.1) is 6.58 Å². The normalized spacial score (nSPS) is 16.2. The summed E-state index contributed by atoms with van der Waals surface area (Å²) >= 11 is 0. The number of methoxy groups -OCH3 is 2. The van der Waals surface area contributed by atoms with E-state index in [2.05, 4.69) is 11.9 Å². The molecule has 0 aliphatic carbocycles. The van der Waals surface area contributed by atoms with E-state index in [1.807, 2.05) is 0 Å². The molecule has 0 bridgehead atoms. The fraction of sp³-hybridized carbons (Fsp3) is 0.471. The van der Waals surface area contributed by atoms with E-state index in [0.717, 1.165) is 0 Å². The maximum absolute atomic E-state index is 13.0. The zero-order valence-corrected chi connectivity index (χ0v) is 15.3. The topological polar surface area (TPSA) is 84.9 Å². The average molecular weight is 368 g/mol. The molecule has 0 aromatic heterocycles. The summed E-state index contributed by atoms with van der Waals surface area (Å²) in [6, 6.07) is 4.67. The molecule has 0 spiro atoms. The lowest BCUT2D eigenvalue weighted by molar-refractivity contribution is -0.125. The molecule has 2 rings (SSSR count). The lowest BCUT2D eigenvalue weighted by Gasteiger charge is -2.30. The smallest absolute Gasteiger partial charge is 0.246 e. The minimum Gasteiger partial charge on any atom is -0.497 e. The maximum atomic E-state index is 13.0. The molecular weight excluding hydrogens is 344 g/mol. The highest BCUT2D eigenvalue weighted by Gasteiger charge is 2.33. The molecule has 138 valence electrons. The van der Waals surface area contributed by atoms with Crippen LogP contribution in [0.4, 0.5) is 0 Å². The minimum atomic E-state index is -3.72. The number of nitrogens with zero attached hydrogens (tertiary/aromatic N) is 1. The van der Waals surface area contributed by atoms with E-state index in [-0.39, 0.29) is 35.6 Å². The lowest BCUT2D eigenvalue weighted by Crippen LogP contribution is -2.43. The summed E-state index contributed by atoms with van der Waals surface area (Å²) < 4.78 is 37.6. The molecule has 1 saturated heterocycles. The third kappa shape index (κ3) is 4.32. The van der Waals surface area contributed by atoms with Gasteiger partial charge in [0.2, 0.25) is 15.9 Å². The Balaban J connectivity index is 2.14. The van der Waals surface area contributed by atoms with Gasteiger partial charge >= 0.3 is 0 Å². The third-order valence-electron chi connectivity index (χ3n) is 4.23. The monoisotopic (exact) mass is 368 g/mol. The van der Waals surface area contributed by atoms with Crippen LogP contribution in [0.5, 0.6) is 11.5 Å². The van der Waals surface area contributed by atoms with Crippen molar-refractivity contribution in [1.82, 2.24) is 9.62 Å². The summed E-state index contributed by atoms with van der Waals surface area (Å²) in [5.74, 6) is 0.472. The van der Waals surface area contributed by atoms with Gasteiger partial charge in [0.05, 0.1) is 14.2 Å². The van der Waals surface area contributed by atoms with Gasteiger partial charge in [0.25, 0.3) is 0 Å². The number of rotatable bonds is 7. The van der Waals surface area contributed by atoms with Crippen LogP contribution in [0.1, 0.15) is 12.8 Å². The van der Waals surface area contributed by atoms with Crippen LogP contribution in [0.15, 0.2) is 35.7 Å². The first-order chi connectivity index (χ1) is 11.9. The van der Waals surface area contributed by atoms with Crippen LogP contribution in [0.25, 0.3) is 0 Å². The van der Waals surface area contributed by atoms with Gasteiger partial charge in [-0.2, -0.15) is 4.31 Å². The number of benzene rings is 1.